The summed E-state index contributed by atoms with van der Waals surface area (Å²) in [6.07, 6.45) is 6.00. The molecule has 1 aliphatic carbocycles. The van der Waals surface area contributed by atoms with Crippen LogP contribution < -0.4 is 5.32 Å². The summed E-state index contributed by atoms with van der Waals surface area (Å²) in [7, 11) is 0. The number of hydrogen-bond acceptors (Lipinski definition) is 4. The Kier molecular flexibility index (Phi) is 3.90. The largest absolute Gasteiger partial charge is 0.331 e. The fraction of sp³-hybridized carbons (Fsp3) is 0.769. The number of urea groups is 1. The third kappa shape index (κ3) is 2.38. The van der Waals surface area contributed by atoms with Crippen LogP contribution in [0, 0.1) is 5.41 Å². The third-order valence-corrected chi connectivity index (χ3v) is 5.22. The van der Waals surface area contributed by atoms with Crippen molar-refractivity contribution in [2.75, 3.05) is 6.26 Å². The molecule has 1 saturated heterocycles. The van der Waals surface area contributed by atoms with Gasteiger partial charge in [0, 0.05) is 5.25 Å². The van der Waals surface area contributed by atoms with Crippen LogP contribution in [0.25, 0.3) is 0 Å². The first kappa shape index (κ1) is 14.4. The van der Waals surface area contributed by atoms with Crippen molar-refractivity contribution in [1.29, 1.82) is 0 Å². The maximum absolute atomic E-state index is 12.5. The van der Waals surface area contributed by atoms with Crippen molar-refractivity contribution in [3.63, 3.8) is 0 Å². The van der Waals surface area contributed by atoms with Crippen LogP contribution >= 0.6 is 11.8 Å². The minimum Gasteiger partial charge on any atom is -0.277 e. The van der Waals surface area contributed by atoms with E-state index in [1.54, 1.807) is 25.6 Å². The number of imide groups is 2. The molecule has 2 fully saturated rings. The molecule has 4 amide bonds. The van der Waals surface area contributed by atoms with Crippen LogP contribution in [0.3, 0.4) is 0 Å². The van der Waals surface area contributed by atoms with Gasteiger partial charge >= 0.3 is 6.03 Å². The van der Waals surface area contributed by atoms with Crippen LogP contribution in [0.15, 0.2) is 0 Å². The van der Waals surface area contributed by atoms with E-state index in [0.29, 0.717) is 0 Å². The lowest BCUT2D eigenvalue weighted by molar-refractivity contribution is -0.150. The van der Waals surface area contributed by atoms with E-state index in [-0.39, 0.29) is 17.2 Å². The normalized spacial score (nSPS) is 31.3. The molecule has 1 saturated carbocycles. The number of nitrogens with zero attached hydrogens (tertiary/aromatic N) is 1. The molecule has 0 bridgehead atoms. The standard InChI is InChI=1S/C13H20N2O3S/c1-13(2)10(16)14-12(18)15(11(13)17)8-6-4-5-7-9(8)19-3/h8-9H,4-7H2,1-3H3,(H,14,16,18). The quantitative estimate of drug-likeness (QED) is 0.785. The fourth-order valence-corrected chi connectivity index (χ4v) is 3.73. The van der Waals surface area contributed by atoms with Gasteiger partial charge in [-0.05, 0) is 32.9 Å². The number of thioether (sulfide) groups is 1. The fourth-order valence-electron chi connectivity index (χ4n) is 2.75. The van der Waals surface area contributed by atoms with E-state index < -0.39 is 17.4 Å². The van der Waals surface area contributed by atoms with Gasteiger partial charge in [0.25, 0.3) is 0 Å². The first-order valence-corrected chi connectivity index (χ1v) is 7.90. The first-order chi connectivity index (χ1) is 8.89. The molecule has 2 unspecified atom stereocenters. The number of amides is 4. The molecule has 2 rings (SSSR count). The second-order valence-corrected chi connectivity index (χ2v) is 6.76. The lowest BCUT2D eigenvalue weighted by atomic mass is 9.85. The van der Waals surface area contributed by atoms with Gasteiger partial charge in [0.1, 0.15) is 5.41 Å². The number of barbiturate groups is 1. The highest BCUT2D eigenvalue weighted by Crippen LogP contribution is 2.34. The summed E-state index contributed by atoms with van der Waals surface area (Å²) in [6, 6.07) is -0.649. The molecule has 0 radical (unpaired) electrons. The Morgan fingerprint density at radius 3 is 2.47 bits per heavy atom. The number of rotatable bonds is 2. The zero-order valence-electron chi connectivity index (χ0n) is 11.6. The van der Waals surface area contributed by atoms with Crippen molar-refractivity contribution in [2.45, 2.75) is 50.8 Å². The molecule has 1 N–H and O–H groups in total. The maximum Gasteiger partial charge on any atom is 0.331 e. The van der Waals surface area contributed by atoms with Gasteiger partial charge in [-0.3, -0.25) is 19.8 Å². The summed E-state index contributed by atoms with van der Waals surface area (Å²) in [5.74, 6) is -0.873. The average Bonchev–Trinajstić information content (AvgIpc) is 2.37. The minimum absolute atomic E-state index is 0.0939. The van der Waals surface area contributed by atoms with Crippen LogP contribution in [0.4, 0.5) is 4.79 Å². The van der Waals surface area contributed by atoms with E-state index in [1.165, 1.54) is 4.90 Å². The Morgan fingerprint density at radius 1 is 1.21 bits per heavy atom. The summed E-state index contributed by atoms with van der Waals surface area (Å²) >= 11 is 1.69. The molecule has 0 aromatic carbocycles. The van der Waals surface area contributed by atoms with E-state index in [9.17, 15) is 14.4 Å². The van der Waals surface area contributed by atoms with E-state index in [1.807, 2.05) is 6.26 Å². The topological polar surface area (TPSA) is 66.5 Å². The highest BCUT2D eigenvalue weighted by molar-refractivity contribution is 7.99. The monoisotopic (exact) mass is 284 g/mol. The van der Waals surface area contributed by atoms with E-state index in [2.05, 4.69) is 5.32 Å². The molecular formula is C13H20N2O3S. The molecule has 19 heavy (non-hydrogen) atoms. The van der Waals surface area contributed by atoms with Crippen LogP contribution in [0.5, 0.6) is 0 Å². The Labute approximate surface area is 117 Å². The van der Waals surface area contributed by atoms with Gasteiger partial charge < -0.3 is 0 Å². The Balaban J connectivity index is 2.29. The number of nitrogens with one attached hydrogen (secondary N) is 1. The molecule has 2 aliphatic rings. The highest BCUT2D eigenvalue weighted by atomic mass is 32.2. The Bertz CT molecular complexity index is 422. The number of carbonyl (C=O) groups excluding carboxylic acids is 3. The van der Waals surface area contributed by atoms with Crippen molar-refractivity contribution < 1.29 is 14.4 Å². The lowest BCUT2D eigenvalue weighted by Gasteiger charge is -2.43. The van der Waals surface area contributed by atoms with Gasteiger partial charge in [0.2, 0.25) is 11.8 Å². The smallest absolute Gasteiger partial charge is 0.277 e. The second-order valence-electron chi connectivity index (χ2n) is 5.69. The predicted molar refractivity (Wildman–Crippen MR) is 73.7 cm³/mol. The number of hydrogen-bond donors (Lipinski definition) is 1. The average molecular weight is 284 g/mol. The van der Waals surface area contributed by atoms with Crippen LogP contribution in [0.1, 0.15) is 39.5 Å². The van der Waals surface area contributed by atoms with Gasteiger partial charge in [0.15, 0.2) is 0 Å². The molecule has 1 heterocycles. The zero-order valence-corrected chi connectivity index (χ0v) is 12.4. The van der Waals surface area contributed by atoms with Gasteiger partial charge in [-0.1, -0.05) is 12.8 Å². The van der Waals surface area contributed by atoms with Crippen LogP contribution in [-0.4, -0.2) is 40.3 Å². The molecular weight excluding hydrogens is 264 g/mol. The molecule has 6 heteroatoms. The van der Waals surface area contributed by atoms with Crippen molar-refractivity contribution >= 4 is 29.6 Å². The summed E-state index contributed by atoms with van der Waals surface area (Å²) in [5, 5.41) is 2.58. The second kappa shape index (κ2) is 5.15. The van der Waals surface area contributed by atoms with Crippen LogP contribution in [0.2, 0.25) is 0 Å². The van der Waals surface area contributed by atoms with Crippen LogP contribution in [-0.2, 0) is 9.59 Å². The van der Waals surface area contributed by atoms with Gasteiger partial charge in [-0.15, -0.1) is 0 Å². The molecule has 1 aliphatic heterocycles. The SMILES string of the molecule is CSC1CCCCC1N1C(=O)NC(=O)C(C)(C)C1=O. The summed E-state index contributed by atoms with van der Waals surface area (Å²) in [5.41, 5.74) is -1.16. The van der Waals surface area contributed by atoms with Crippen molar-refractivity contribution in [3.05, 3.63) is 0 Å². The van der Waals surface area contributed by atoms with Crippen molar-refractivity contribution in [1.82, 2.24) is 10.2 Å². The summed E-state index contributed by atoms with van der Waals surface area (Å²) < 4.78 is 0. The Morgan fingerprint density at radius 2 is 1.84 bits per heavy atom. The van der Waals surface area contributed by atoms with Gasteiger partial charge in [-0.25, -0.2) is 4.79 Å². The predicted octanol–water partition coefficient (Wildman–Crippen LogP) is 1.77. The highest BCUT2D eigenvalue weighted by Gasteiger charge is 2.50. The van der Waals surface area contributed by atoms with Gasteiger partial charge in [-0.2, -0.15) is 11.8 Å². The van der Waals surface area contributed by atoms with E-state index in [0.717, 1.165) is 25.7 Å². The molecule has 0 aromatic heterocycles. The maximum atomic E-state index is 12.5. The molecule has 106 valence electrons. The molecule has 0 spiro atoms. The lowest BCUT2D eigenvalue weighted by Crippen LogP contribution is -2.66. The zero-order chi connectivity index (χ0) is 14.2. The minimum atomic E-state index is -1.16. The van der Waals surface area contributed by atoms with E-state index >= 15 is 0 Å². The molecule has 5 nitrogen and oxygen atoms in total. The van der Waals surface area contributed by atoms with Gasteiger partial charge in [0.05, 0.1) is 6.04 Å². The molecule has 0 aromatic rings. The Hall–Kier alpha value is -1.04. The number of carbonyl (C=O) groups is 3. The summed E-state index contributed by atoms with van der Waals surface area (Å²) in [4.78, 5) is 37.5. The summed E-state index contributed by atoms with van der Waals surface area (Å²) in [6.45, 7) is 3.14. The van der Waals surface area contributed by atoms with Crippen molar-refractivity contribution in [3.8, 4) is 0 Å². The van der Waals surface area contributed by atoms with Crippen molar-refractivity contribution in [2.24, 2.45) is 5.41 Å². The van der Waals surface area contributed by atoms with E-state index in [4.69, 9.17) is 0 Å². The third-order valence-electron chi connectivity index (χ3n) is 4.06. The first-order valence-electron chi connectivity index (χ1n) is 6.61. The molecule has 2 atom stereocenters.